The molecule has 0 aromatic heterocycles. The van der Waals surface area contributed by atoms with Crippen LogP contribution in [0.15, 0.2) is 0 Å². The van der Waals surface area contributed by atoms with Gasteiger partial charge in [0.2, 0.25) is 0 Å². The number of carbonyl (C=O) groups is 2. The largest absolute Gasteiger partial charge is 0.418 e. The van der Waals surface area contributed by atoms with Crippen LogP contribution in [0.3, 0.4) is 0 Å². The van der Waals surface area contributed by atoms with Crippen molar-refractivity contribution in [2.24, 2.45) is 11.1 Å². The molecule has 2 saturated heterocycles. The number of amides is 3. The van der Waals surface area contributed by atoms with Crippen LogP contribution in [0.25, 0.3) is 0 Å². The lowest BCUT2D eigenvalue weighted by Crippen LogP contribution is -2.52. The minimum absolute atomic E-state index is 0.162. The molecule has 0 aromatic carbocycles. The first-order valence-corrected chi connectivity index (χ1v) is 9.02. The quantitative estimate of drug-likeness (QED) is 0.289. The highest BCUT2D eigenvalue weighted by molar-refractivity contribution is 7.80. The molecular formula is C12H20N4O7S. The highest BCUT2D eigenvalue weighted by Crippen LogP contribution is 2.59. The number of nitrogens with two attached hydrogens (primary N) is 1. The molecular weight excluding hydrogens is 344 g/mol. The molecule has 1 aliphatic carbocycles. The summed E-state index contributed by atoms with van der Waals surface area (Å²) in [5, 5.41) is 0.672. The number of rotatable bonds is 7. The van der Waals surface area contributed by atoms with Crippen molar-refractivity contribution in [2.75, 3.05) is 19.7 Å². The summed E-state index contributed by atoms with van der Waals surface area (Å²) in [6.45, 7) is 0.848. The lowest BCUT2D eigenvalue weighted by molar-refractivity contribution is -0.140. The average Bonchev–Trinajstić information content (AvgIpc) is 3.22. The maximum Gasteiger partial charge on any atom is 0.418 e. The maximum atomic E-state index is 12.4. The summed E-state index contributed by atoms with van der Waals surface area (Å²) in [5.41, 5.74) is 7.27. The van der Waals surface area contributed by atoms with Crippen molar-refractivity contribution in [1.82, 2.24) is 15.4 Å². The normalized spacial score (nSPS) is 27.7. The number of nitrogens with zero attached hydrogens (tertiary/aromatic N) is 2. The fourth-order valence-electron chi connectivity index (χ4n) is 3.40. The van der Waals surface area contributed by atoms with Gasteiger partial charge in [-0.15, -0.1) is 4.28 Å². The molecule has 1 saturated carbocycles. The van der Waals surface area contributed by atoms with Gasteiger partial charge in [-0.25, -0.2) is 10.3 Å². The van der Waals surface area contributed by atoms with E-state index in [2.05, 4.69) is 9.76 Å². The fourth-order valence-corrected chi connectivity index (χ4v) is 3.77. The van der Waals surface area contributed by atoms with Gasteiger partial charge in [0.15, 0.2) is 0 Å². The van der Waals surface area contributed by atoms with Crippen molar-refractivity contribution in [3.8, 4) is 0 Å². The minimum Gasteiger partial charge on any atom is -0.330 e. The van der Waals surface area contributed by atoms with Gasteiger partial charge in [0.05, 0.1) is 12.6 Å². The fraction of sp³-hybridized carbons (Fsp3) is 0.833. The number of nitrogens with one attached hydrogen (secondary N) is 1. The molecule has 2 bridgehead atoms. The molecule has 2 atom stereocenters. The number of fused-ring (bicyclic) bond motifs is 3. The van der Waals surface area contributed by atoms with Crippen LogP contribution >= 0.6 is 0 Å². The van der Waals surface area contributed by atoms with Crippen LogP contribution in [0.4, 0.5) is 4.79 Å². The zero-order valence-corrected chi connectivity index (χ0v) is 13.7. The number of hydrogen-bond acceptors (Lipinski definition) is 7. The molecule has 12 heteroatoms. The Morgan fingerprint density at radius 3 is 2.75 bits per heavy atom. The van der Waals surface area contributed by atoms with Gasteiger partial charge < -0.3 is 10.6 Å². The molecule has 4 N–H and O–H groups in total. The van der Waals surface area contributed by atoms with E-state index < -0.39 is 34.4 Å². The van der Waals surface area contributed by atoms with Crippen molar-refractivity contribution in [1.29, 1.82) is 0 Å². The minimum atomic E-state index is -4.82. The summed E-state index contributed by atoms with van der Waals surface area (Å²) in [4.78, 5) is 31.0. The summed E-state index contributed by atoms with van der Waals surface area (Å²) in [5.74, 6) is -0.473. The molecule has 0 radical (unpaired) electrons. The molecule has 2 heterocycles. The molecule has 0 aromatic rings. The third-order valence-electron chi connectivity index (χ3n) is 4.76. The van der Waals surface area contributed by atoms with E-state index in [1.165, 1.54) is 4.90 Å². The Hall–Kier alpha value is -1.47. The molecule has 24 heavy (non-hydrogen) atoms. The second-order valence-electron chi connectivity index (χ2n) is 6.32. The summed E-state index contributed by atoms with van der Waals surface area (Å²) in [7, 11) is -4.82. The third kappa shape index (κ3) is 3.19. The molecule has 3 rings (SSSR count). The first kappa shape index (κ1) is 17.4. The Bertz CT molecular complexity index is 635. The summed E-state index contributed by atoms with van der Waals surface area (Å²) in [6.07, 6.45) is 2.47. The van der Waals surface area contributed by atoms with E-state index in [9.17, 15) is 18.0 Å². The Kier molecular flexibility index (Phi) is 4.42. The number of piperidine rings is 1. The summed E-state index contributed by atoms with van der Waals surface area (Å²) >= 11 is 0. The van der Waals surface area contributed by atoms with E-state index in [1.807, 2.05) is 0 Å². The van der Waals surface area contributed by atoms with Crippen LogP contribution < -0.4 is 11.2 Å². The second kappa shape index (κ2) is 6.11. The Balaban J connectivity index is 1.72. The zero-order valence-electron chi connectivity index (χ0n) is 12.9. The Morgan fingerprint density at radius 2 is 2.17 bits per heavy atom. The molecule has 3 amide bonds. The van der Waals surface area contributed by atoms with E-state index in [1.54, 1.807) is 0 Å². The second-order valence-corrected chi connectivity index (χ2v) is 7.32. The average molecular weight is 364 g/mol. The first-order valence-electron chi connectivity index (χ1n) is 7.66. The number of hydrogen-bond donors (Lipinski definition) is 3. The van der Waals surface area contributed by atoms with Gasteiger partial charge in [0.1, 0.15) is 6.04 Å². The van der Waals surface area contributed by atoms with Crippen molar-refractivity contribution in [3.05, 3.63) is 0 Å². The molecule has 3 fully saturated rings. The molecule has 3 aliphatic rings. The lowest BCUT2D eigenvalue weighted by Gasteiger charge is -2.35. The third-order valence-corrected chi connectivity index (χ3v) is 5.11. The number of hydroxylamine groups is 3. The van der Waals surface area contributed by atoms with Crippen molar-refractivity contribution in [3.63, 3.8) is 0 Å². The maximum absolute atomic E-state index is 12.4. The Labute approximate surface area is 138 Å². The van der Waals surface area contributed by atoms with Crippen molar-refractivity contribution >= 4 is 22.3 Å². The Morgan fingerprint density at radius 1 is 1.46 bits per heavy atom. The monoisotopic (exact) mass is 364 g/mol. The topological polar surface area (TPSA) is 151 Å². The van der Waals surface area contributed by atoms with E-state index in [0.29, 0.717) is 24.4 Å². The predicted molar refractivity (Wildman–Crippen MR) is 78.2 cm³/mol. The lowest BCUT2D eigenvalue weighted by atomic mass is 9.85. The molecule has 0 unspecified atom stereocenters. The predicted octanol–water partition coefficient (Wildman–Crippen LogP) is -1.22. The van der Waals surface area contributed by atoms with Gasteiger partial charge in [-0.05, 0) is 37.6 Å². The van der Waals surface area contributed by atoms with Crippen LogP contribution in [0, 0.1) is 5.41 Å². The van der Waals surface area contributed by atoms with E-state index in [-0.39, 0.29) is 18.6 Å². The van der Waals surface area contributed by atoms with E-state index in [4.69, 9.17) is 15.1 Å². The SMILES string of the molecule is NCCCONC(=O)[C@@H]1CC2(CC2)[C@@H]2CN1C(=O)N2OS(=O)(=O)O. The van der Waals surface area contributed by atoms with Gasteiger partial charge in [0, 0.05) is 6.54 Å². The first-order chi connectivity index (χ1) is 11.3. The van der Waals surface area contributed by atoms with Gasteiger partial charge in [0.25, 0.3) is 5.91 Å². The van der Waals surface area contributed by atoms with Crippen molar-refractivity contribution in [2.45, 2.75) is 37.8 Å². The molecule has 2 aliphatic heterocycles. The highest BCUT2D eigenvalue weighted by Gasteiger charge is 2.65. The van der Waals surface area contributed by atoms with Crippen LogP contribution in [0.5, 0.6) is 0 Å². The van der Waals surface area contributed by atoms with Gasteiger partial charge >= 0.3 is 16.4 Å². The molecule has 11 nitrogen and oxygen atoms in total. The van der Waals surface area contributed by atoms with Crippen LogP contribution in [0.1, 0.15) is 25.7 Å². The number of carbonyl (C=O) groups excluding carboxylic acids is 2. The van der Waals surface area contributed by atoms with E-state index >= 15 is 0 Å². The molecule has 136 valence electrons. The smallest absolute Gasteiger partial charge is 0.330 e. The van der Waals surface area contributed by atoms with Crippen molar-refractivity contribution < 1.29 is 31.7 Å². The number of urea groups is 1. The standard InChI is InChI=1S/C12H20N4O7S/c13-4-1-5-22-14-10(17)8-6-12(2-3-12)9-7-15(8)11(18)16(9)23-24(19,20)21/h8-9H,1-7,13H2,(H,14,17)(H,19,20,21)/t8-,9-/m0/s1. The summed E-state index contributed by atoms with van der Waals surface area (Å²) < 4.78 is 35.3. The van der Waals surface area contributed by atoms with Gasteiger partial charge in [-0.3, -0.25) is 14.2 Å². The van der Waals surface area contributed by atoms with Gasteiger partial charge in [-0.2, -0.15) is 13.5 Å². The zero-order chi connectivity index (χ0) is 17.5. The van der Waals surface area contributed by atoms with Crippen LogP contribution in [0.2, 0.25) is 0 Å². The summed E-state index contributed by atoms with van der Waals surface area (Å²) in [6, 6.07) is -2.04. The van der Waals surface area contributed by atoms with E-state index in [0.717, 1.165) is 12.8 Å². The van der Waals surface area contributed by atoms with Crippen LogP contribution in [-0.2, 0) is 24.3 Å². The molecule has 1 spiro atoms. The van der Waals surface area contributed by atoms with Crippen LogP contribution in [-0.4, -0.2) is 66.7 Å². The van der Waals surface area contributed by atoms with Gasteiger partial charge in [-0.1, -0.05) is 0 Å². The highest BCUT2D eigenvalue weighted by atomic mass is 32.3.